The Balaban J connectivity index is 2.80. The zero-order valence-electron chi connectivity index (χ0n) is 11.8. The van der Waals surface area contributed by atoms with Gasteiger partial charge in [0.25, 0.3) is 0 Å². The number of carbonyl (C=O) groups excluding carboxylic acids is 2. The average Bonchev–Trinajstić information content (AvgIpc) is 2.37. The van der Waals surface area contributed by atoms with E-state index in [1.54, 1.807) is 4.90 Å². The van der Waals surface area contributed by atoms with Gasteiger partial charge in [-0.05, 0) is 31.0 Å². The smallest absolute Gasteiger partial charge is 0.406 e. The van der Waals surface area contributed by atoms with Crippen molar-refractivity contribution in [2.45, 2.75) is 20.8 Å². The fourth-order valence-electron chi connectivity index (χ4n) is 1.80. The summed E-state index contributed by atoms with van der Waals surface area (Å²) >= 11 is 0. The first-order valence-electron chi connectivity index (χ1n) is 6.13. The Morgan fingerprint density at radius 1 is 1.32 bits per heavy atom. The van der Waals surface area contributed by atoms with Gasteiger partial charge in [-0.3, -0.25) is 4.79 Å². The molecule has 19 heavy (non-hydrogen) atoms. The molecule has 0 aliphatic rings. The van der Waals surface area contributed by atoms with Crippen LogP contribution in [0.25, 0.3) is 0 Å². The molecule has 1 aromatic rings. The molecule has 5 nitrogen and oxygen atoms in total. The number of nitrogens with zero attached hydrogens (tertiary/aromatic N) is 1. The van der Waals surface area contributed by atoms with E-state index in [0.717, 1.165) is 16.8 Å². The van der Waals surface area contributed by atoms with Crippen molar-refractivity contribution in [3.8, 4) is 0 Å². The molecule has 0 aromatic heterocycles. The number of alkyl carbamates (subject to hydrolysis) is 1. The van der Waals surface area contributed by atoms with E-state index in [9.17, 15) is 9.59 Å². The fraction of sp³-hybridized carbons (Fsp3) is 0.429. The minimum atomic E-state index is -0.496. The van der Waals surface area contributed by atoms with Crippen LogP contribution < -0.4 is 10.2 Å². The highest BCUT2D eigenvalue weighted by Gasteiger charge is 2.14. The number of ether oxygens (including phenoxy) is 1. The zero-order chi connectivity index (χ0) is 14.4. The fourth-order valence-corrected chi connectivity index (χ4v) is 1.80. The van der Waals surface area contributed by atoms with Gasteiger partial charge in [0.15, 0.2) is 0 Å². The van der Waals surface area contributed by atoms with Gasteiger partial charge in [0.05, 0.1) is 7.11 Å². The molecule has 1 aromatic carbocycles. The number of amides is 2. The second-order valence-corrected chi connectivity index (χ2v) is 4.38. The monoisotopic (exact) mass is 264 g/mol. The molecule has 2 amide bonds. The van der Waals surface area contributed by atoms with Crippen molar-refractivity contribution >= 4 is 17.7 Å². The van der Waals surface area contributed by atoms with Crippen molar-refractivity contribution < 1.29 is 14.3 Å². The van der Waals surface area contributed by atoms with Gasteiger partial charge < -0.3 is 15.0 Å². The Kier molecular flexibility index (Phi) is 5.36. The van der Waals surface area contributed by atoms with Crippen LogP contribution in [0.4, 0.5) is 10.5 Å². The van der Waals surface area contributed by atoms with Gasteiger partial charge in [0, 0.05) is 25.7 Å². The van der Waals surface area contributed by atoms with Gasteiger partial charge >= 0.3 is 6.09 Å². The van der Waals surface area contributed by atoms with E-state index < -0.39 is 6.09 Å². The SMILES string of the molecule is COC(=O)NCCN(C(C)=O)c1cc(C)ccc1C. The van der Waals surface area contributed by atoms with E-state index in [1.165, 1.54) is 14.0 Å². The second-order valence-electron chi connectivity index (χ2n) is 4.38. The number of hydrogen-bond donors (Lipinski definition) is 1. The first kappa shape index (κ1) is 15.0. The van der Waals surface area contributed by atoms with Gasteiger partial charge in [-0.15, -0.1) is 0 Å². The van der Waals surface area contributed by atoms with Crippen LogP contribution in [0.2, 0.25) is 0 Å². The third kappa shape index (κ3) is 4.28. The van der Waals surface area contributed by atoms with Crippen LogP contribution in [-0.4, -0.2) is 32.2 Å². The molecule has 0 spiro atoms. The zero-order valence-corrected chi connectivity index (χ0v) is 11.8. The third-order valence-corrected chi connectivity index (χ3v) is 2.83. The first-order chi connectivity index (χ1) is 8.95. The standard InChI is InChI=1S/C14H20N2O3/c1-10-5-6-11(2)13(9-10)16(12(3)17)8-7-15-14(18)19-4/h5-6,9H,7-8H2,1-4H3,(H,15,18). The summed E-state index contributed by atoms with van der Waals surface area (Å²) in [6.07, 6.45) is -0.496. The van der Waals surface area contributed by atoms with Crippen LogP contribution in [-0.2, 0) is 9.53 Å². The molecule has 0 saturated carbocycles. The highest BCUT2D eigenvalue weighted by molar-refractivity contribution is 5.92. The maximum atomic E-state index is 11.7. The van der Waals surface area contributed by atoms with Gasteiger partial charge in [-0.1, -0.05) is 12.1 Å². The summed E-state index contributed by atoms with van der Waals surface area (Å²) in [5.74, 6) is -0.0552. The van der Waals surface area contributed by atoms with E-state index in [-0.39, 0.29) is 5.91 Å². The lowest BCUT2D eigenvalue weighted by molar-refractivity contribution is -0.116. The summed E-state index contributed by atoms with van der Waals surface area (Å²) in [6, 6.07) is 5.95. The van der Waals surface area contributed by atoms with E-state index in [1.807, 2.05) is 32.0 Å². The maximum absolute atomic E-state index is 11.7. The highest BCUT2D eigenvalue weighted by atomic mass is 16.5. The molecule has 5 heteroatoms. The molecule has 0 atom stereocenters. The number of nitrogens with one attached hydrogen (secondary N) is 1. The summed E-state index contributed by atoms with van der Waals surface area (Å²) < 4.78 is 4.49. The van der Waals surface area contributed by atoms with E-state index in [2.05, 4.69) is 10.1 Å². The number of carbonyl (C=O) groups is 2. The van der Waals surface area contributed by atoms with Crippen LogP contribution >= 0.6 is 0 Å². The van der Waals surface area contributed by atoms with Crippen LogP contribution in [0.5, 0.6) is 0 Å². The summed E-state index contributed by atoms with van der Waals surface area (Å²) in [6.45, 7) is 6.21. The van der Waals surface area contributed by atoms with Crippen molar-refractivity contribution in [3.05, 3.63) is 29.3 Å². The van der Waals surface area contributed by atoms with Gasteiger partial charge in [-0.25, -0.2) is 4.79 Å². The number of rotatable bonds is 4. The van der Waals surface area contributed by atoms with E-state index >= 15 is 0 Å². The van der Waals surface area contributed by atoms with Crippen molar-refractivity contribution in [1.29, 1.82) is 0 Å². The minimum absolute atomic E-state index is 0.0552. The molecule has 1 rings (SSSR count). The number of anilines is 1. The third-order valence-electron chi connectivity index (χ3n) is 2.83. The number of aryl methyl sites for hydroxylation is 2. The van der Waals surface area contributed by atoms with Gasteiger partial charge in [0.2, 0.25) is 5.91 Å². The second kappa shape index (κ2) is 6.78. The molecule has 0 radical (unpaired) electrons. The van der Waals surface area contributed by atoms with Crippen LogP contribution in [0.1, 0.15) is 18.1 Å². The molecule has 0 aliphatic carbocycles. The normalized spacial score (nSPS) is 9.89. The molecule has 0 fully saturated rings. The first-order valence-corrected chi connectivity index (χ1v) is 6.13. The lowest BCUT2D eigenvalue weighted by Gasteiger charge is -2.23. The molecular weight excluding hydrogens is 244 g/mol. The van der Waals surface area contributed by atoms with Crippen LogP contribution in [0.3, 0.4) is 0 Å². The molecule has 0 unspecified atom stereocenters. The Hall–Kier alpha value is -2.04. The lowest BCUT2D eigenvalue weighted by atomic mass is 10.1. The topological polar surface area (TPSA) is 58.6 Å². The molecule has 0 bridgehead atoms. The molecule has 1 N–H and O–H groups in total. The molecule has 0 saturated heterocycles. The van der Waals surface area contributed by atoms with E-state index in [4.69, 9.17) is 0 Å². The predicted molar refractivity (Wildman–Crippen MR) is 74.4 cm³/mol. The Labute approximate surface area is 113 Å². The number of hydrogen-bond acceptors (Lipinski definition) is 3. The summed E-state index contributed by atoms with van der Waals surface area (Å²) in [5, 5.41) is 2.57. The van der Waals surface area contributed by atoms with Gasteiger partial charge in [-0.2, -0.15) is 0 Å². The number of methoxy groups -OCH3 is 1. The maximum Gasteiger partial charge on any atom is 0.406 e. The quantitative estimate of drug-likeness (QED) is 0.905. The molecule has 104 valence electrons. The van der Waals surface area contributed by atoms with Crippen molar-refractivity contribution in [3.63, 3.8) is 0 Å². The highest BCUT2D eigenvalue weighted by Crippen LogP contribution is 2.21. The Morgan fingerprint density at radius 2 is 2.00 bits per heavy atom. The largest absolute Gasteiger partial charge is 0.453 e. The summed E-state index contributed by atoms with van der Waals surface area (Å²) in [7, 11) is 1.31. The number of benzene rings is 1. The van der Waals surface area contributed by atoms with Gasteiger partial charge in [0.1, 0.15) is 0 Å². The van der Waals surface area contributed by atoms with Crippen molar-refractivity contribution in [2.75, 3.05) is 25.1 Å². The lowest BCUT2D eigenvalue weighted by Crippen LogP contribution is -2.37. The van der Waals surface area contributed by atoms with Crippen LogP contribution in [0, 0.1) is 13.8 Å². The van der Waals surface area contributed by atoms with Crippen molar-refractivity contribution in [1.82, 2.24) is 5.32 Å². The summed E-state index contributed by atoms with van der Waals surface area (Å²) in [4.78, 5) is 24.4. The van der Waals surface area contributed by atoms with Crippen LogP contribution in [0.15, 0.2) is 18.2 Å². The summed E-state index contributed by atoms with van der Waals surface area (Å²) in [5.41, 5.74) is 2.99. The average molecular weight is 264 g/mol. The molecular formula is C14H20N2O3. The van der Waals surface area contributed by atoms with Crippen molar-refractivity contribution in [2.24, 2.45) is 0 Å². The molecule has 0 heterocycles. The predicted octanol–water partition coefficient (Wildman–Crippen LogP) is 2.01. The van der Waals surface area contributed by atoms with E-state index in [0.29, 0.717) is 13.1 Å². The molecule has 0 aliphatic heterocycles. The minimum Gasteiger partial charge on any atom is -0.453 e. The Bertz CT molecular complexity index is 472. The Morgan fingerprint density at radius 3 is 2.58 bits per heavy atom.